The van der Waals surface area contributed by atoms with Crippen LogP contribution in [0.25, 0.3) is 10.8 Å². The summed E-state index contributed by atoms with van der Waals surface area (Å²) in [6.45, 7) is 5.91. The van der Waals surface area contributed by atoms with Crippen LogP contribution in [0.1, 0.15) is 22.3 Å². The van der Waals surface area contributed by atoms with Crippen molar-refractivity contribution in [1.29, 1.82) is 0 Å². The maximum absolute atomic E-state index is 13.0. The second kappa shape index (κ2) is 13.2. The molecule has 8 nitrogen and oxygen atoms in total. The Morgan fingerprint density at radius 3 is 2.51 bits per heavy atom. The molecular formula is C31H34N4O4. The molecule has 2 aromatic heterocycles. The molecule has 0 saturated carbocycles. The molecule has 1 aliphatic rings. The lowest BCUT2D eigenvalue weighted by atomic mass is 10.2. The van der Waals surface area contributed by atoms with Crippen LogP contribution in [0.15, 0.2) is 90.1 Å². The highest BCUT2D eigenvalue weighted by Crippen LogP contribution is 2.15. The average Bonchev–Trinajstić information content (AvgIpc) is 3.00. The van der Waals surface area contributed by atoms with Crippen LogP contribution in [0.5, 0.6) is 5.75 Å². The Bertz CT molecular complexity index is 1420. The predicted octanol–water partition coefficient (Wildman–Crippen LogP) is 3.84. The molecule has 0 aliphatic carbocycles. The second-order valence-corrected chi connectivity index (χ2v) is 9.66. The van der Waals surface area contributed by atoms with Crippen LogP contribution in [-0.4, -0.2) is 71.3 Å². The summed E-state index contributed by atoms with van der Waals surface area (Å²) in [6, 6.07) is 21.1. The number of carbonyl (C=O) groups excluding carboxylic acids is 1. The molecule has 4 aromatic rings. The smallest absolute Gasteiger partial charge is 0.258 e. The molecule has 0 atom stereocenters. The number of aromatic nitrogens is 2. The summed E-state index contributed by atoms with van der Waals surface area (Å²) >= 11 is 0. The fourth-order valence-electron chi connectivity index (χ4n) is 4.79. The van der Waals surface area contributed by atoms with Crippen LogP contribution >= 0.6 is 0 Å². The van der Waals surface area contributed by atoms with Crippen molar-refractivity contribution in [1.82, 2.24) is 19.4 Å². The lowest BCUT2D eigenvalue weighted by Crippen LogP contribution is -2.40. The summed E-state index contributed by atoms with van der Waals surface area (Å²) in [4.78, 5) is 33.9. The Hall–Kier alpha value is -4.01. The normalized spacial score (nSPS) is 13.6. The molecule has 0 unspecified atom stereocenters. The van der Waals surface area contributed by atoms with Gasteiger partial charge in [-0.05, 0) is 65.9 Å². The van der Waals surface area contributed by atoms with E-state index in [4.69, 9.17) is 9.47 Å². The average molecular weight is 527 g/mol. The number of fused-ring (bicyclic) bond motifs is 1. The van der Waals surface area contributed by atoms with E-state index in [2.05, 4.69) is 9.88 Å². The highest BCUT2D eigenvalue weighted by molar-refractivity contribution is 5.94. The number of hydrogen-bond donors (Lipinski definition) is 0. The maximum Gasteiger partial charge on any atom is 0.258 e. The first-order chi connectivity index (χ1) is 19.2. The van der Waals surface area contributed by atoms with Gasteiger partial charge in [0.2, 0.25) is 0 Å². The molecule has 8 heteroatoms. The summed E-state index contributed by atoms with van der Waals surface area (Å²) in [5.41, 5.74) is 1.88. The van der Waals surface area contributed by atoms with E-state index in [0.717, 1.165) is 42.6 Å². The highest BCUT2D eigenvalue weighted by atomic mass is 16.5. The molecule has 1 saturated heterocycles. The minimum Gasteiger partial charge on any atom is -0.494 e. The van der Waals surface area contributed by atoms with Gasteiger partial charge in [-0.15, -0.1) is 0 Å². The molecule has 0 N–H and O–H groups in total. The van der Waals surface area contributed by atoms with Crippen molar-refractivity contribution in [3.05, 3.63) is 107 Å². The summed E-state index contributed by atoms with van der Waals surface area (Å²) < 4.78 is 13.1. The van der Waals surface area contributed by atoms with Crippen molar-refractivity contribution < 1.29 is 14.3 Å². The predicted molar refractivity (Wildman–Crippen MR) is 151 cm³/mol. The largest absolute Gasteiger partial charge is 0.494 e. The van der Waals surface area contributed by atoms with Gasteiger partial charge in [-0.25, -0.2) is 0 Å². The van der Waals surface area contributed by atoms with Crippen LogP contribution in [-0.2, 0) is 17.8 Å². The molecule has 1 amide bonds. The maximum atomic E-state index is 13.0. The van der Waals surface area contributed by atoms with E-state index in [1.807, 2.05) is 77.8 Å². The van der Waals surface area contributed by atoms with E-state index >= 15 is 0 Å². The molecule has 5 rings (SSSR count). The van der Waals surface area contributed by atoms with Gasteiger partial charge in [0.05, 0.1) is 19.8 Å². The summed E-state index contributed by atoms with van der Waals surface area (Å²) in [6.07, 6.45) is 6.31. The molecular weight excluding hydrogens is 492 g/mol. The number of amides is 1. The first-order valence-corrected chi connectivity index (χ1v) is 13.5. The van der Waals surface area contributed by atoms with Gasteiger partial charge in [0.25, 0.3) is 11.5 Å². The molecule has 0 spiro atoms. The first-order valence-electron chi connectivity index (χ1n) is 13.5. The van der Waals surface area contributed by atoms with Gasteiger partial charge in [0.15, 0.2) is 0 Å². The number of carbonyl (C=O) groups is 1. The van der Waals surface area contributed by atoms with Crippen molar-refractivity contribution in [3.8, 4) is 5.75 Å². The molecule has 2 aromatic carbocycles. The van der Waals surface area contributed by atoms with Gasteiger partial charge in [0, 0.05) is 68.8 Å². The van der Waals surface area contributed by atoms with E-state index < -0.39 is 0 Å². The van der Waals surface area contributed by atoms with Gasteiger partial charge < -0.3 is 18.9 Å². The fraction of sp³-hybridized carbons (Fsp3) is 0.323. The Labute approximate surface area is 228 Å². The van der Waals surface area contributed by atoms with E-state index in [-0.39, 0.29) is 11.5 Å². The second-order valence-electron chi connectivity index (χ2n) is 9.66. The number of ether oxygens (including phenoxy) is 2. The minimum atomic E-state index is 0.0297. The van der Waals surface area contributed by atoms with E-state index in [1.54, 1.807) is 17.0 Å². The number of rotatable bonds is 11. The van der Waals surface area contributed by atoms with E-state index in [9.17, 15) is 9.59 Å². The Balaban J connectivity index is 1.15. The van der Waals surface area contributed by atoms with Gasteiger partial charge in [-0.1, -0.05) is 18.2 Å². The zero-order valence-corrected chi connectivity index (χ0v) is 22.1. The van der Waals surface area contributed by atoms with Gasteiger partial charge in [-0.2, -0.15) is 0 Å². The third kappa shape index (κ3) is 7.10. The molecule has 0 radical (unpaired) electrons. The number of morpholine rings is 1. The van der Waals surface area contributed by atoms with Crippen LogP contribution in [0.4, 0.5) is 0 Å². The van der Waals surface area contributed by atoms with Crippen molar-refractivity contribution >= 4 is 16.7 Å². The zero-order chi connectivity index (χ0) is 26.9. The highest BCUT2D eigenvalue weighted by Gasteiger charge is 2.18. The summed E-state index contributed by atoms with van der Waals surface area (Å²) in [7, 11) is 0. The minimum absolute atomic E-state index is 0.0297. The third-order valence-electron chi connectivity index (χ3n) is 6.99. The molecule has 202 valence electrons. The number of pyridine rings is 2. The Morgan fingerprint density at radius 2 is 1.72 bits per heavy atom. The van der Waals surface area contributed by atoms with Gasteiger partial charge in [-0.3, -0.25) is 19.5 Å². The van der Waals surface area contributed by atoms with Crippen molar-refractivity contribution in [3.63, 3.8) is 0 Å². The molecule has 3 heterocycles. The monoisotopic (exact) mass is 526 g/mol. The van der Waals surface area contributed by atoms with E-state index in [0.29, 0.717) is 45.0 Å². The van der Waals surface area contributed by atoms with Crippen LogP contribution in [0, 0.1) is 0 Å². The summed E-state index contributed by atoms with van der Waals surface area (Å²) in [5, 5.41) is 1.70. The first kappa shape index (κ1) is 26.6. The summed E-state index contributed by atoms with van der Waals surface area (Å²) in [5.74, 6) is 0.777. The van der Waals surface area contributed by atoms with Crippen LogP contribution in [0.3, 0.4) is 0 Å². The van der Waals surface area contributed by atoms with Crippen molar-refractivity contribution in [2.75, 3.05) is 46.0 Å². The molecule has 0 bridgehead atoms. The molecule has 1 aliphatic heterocycles. The van der Waals surface area contributed by atoms with Gasteiger partial charge in [0.1, 0.15) is 5.75 Å². The quantitative estimate of drug-likeness (QED) is 0.277. The standard InChI is InChI=1S/C31H34N4O4/c36-30(35-19-22-38-23-20-35)27-6-8-28(9-7-27)39-21-3-15-33(24-25-10-13-32-14-11-25)17-18-34-16-12-26-4-1-2-5-29(26)31(34)37/h1-2,4-14,16H,3,15,17-24H2. The van der Waals surface area contributed by atoms with Gasteiger partial charge >= 0.3 is 0 Å². The molecule has 1 fully saturated rings. The zero-order valence-electron chi connectivity index (χ0n) is 22.1. The SMILES string of the molecule is O=C(c1ccc(OCCCN(CCn2ccc3ccccc3c2=O)Cc2ccncc2)cc1)N1CCOCC1. The van der Waals surface area contributed by atoms with Crippen molar-refractivity contribution in [2.45, 2.75) is 19.5 Å². The Kier molecular flexibility index (Phi) is 8.98. The lowest BCUT2D eigenvalue weighted by Gasteiger charge is -2.26. The van der Waals surface area contributed by atoms with Crippen molar-refractivity contribution in [2.24, 2.45) is 0 Å². The Morgan fingerprint density at radius 1 is 0.949 bits per heavy atom. The number of benzene rings is 2. The fourth-order valence-corrected chi connectivity index (χ4v) is 4.79. The number of hydrogen-bond acceptors (Lipinski definition) is 6. The third-order valence-corrected chi connectivity index (χ3v) is 6.99. The lowest BCUT2D eigenvalue weighted by molar-refractivity contribution is 0.0303. The number of nitrogens with zero attached hydrogens (tertiary/aromatic N) is 4. The topological polar surface area (TPSA) is 76.9 Å². The molecule has 39 heavy (non-hydrogen) atoms. The van der Waals surface area contributed by atoms with Crippen LogP contribution < -0.4 is 10.3 Å². The van der Waals surface area contributed by atoms with Crippen LogP contribution in [0.2, 0.25) is 0 Å². The van der Waals surface area contributed by atoms with E-state index in [1.165, 1.54) is 5.56 Å².